The van der Waals surface area contributed by atoms with Crippen molar-refractivity contribution in [1.82, 2.24) is 15.5 Å². The number of methoxy groups -OCH3 is 1. The lowest BCUT2D eigenvalue weighted by Crippen LogP contribution is -2.66. The molecule has 5 heteroatoms. The Morgan fingerprint density at radius 2 is 2.14 bits per heavy atom. The number of ether oxygens (including phenoxy) is 1. The lowest BCUT2D eigenvalue weighted by Gasteiger charge is -2.60. The minimum Gasteiger partial charge on any atom is -0.497 e. The van der Waals surface area contributed by atoms with Crippen LogP contribution in [0.4, 0.5) is 5.69 Å². The first kappa shape index (κ1) is 12.8. The first-order valence-corrected chi connectivity index (χ1v) is 7.45. The molecule has 1 spiro atoms. The van der Waals surface area contributed by atoms with Gasteiger partial charge in [0.15, 0.2) is 0 Å². The molecule has 2 fully saturated rings. The Hall–Kier alpha value is -1.88. The van der Waals surface area contributed by atoms with Gasteiger partial charge in [-0.15, -0.1) is 0 Å². The van der Waals surface area contributed by atoms with Crippen molar-refractivity contribution in [2.24, 2.45) is 5.41 Å². The van der Waals surface area contributed by atoms with Crippen LogP contribution in [0, 0.1) is 5.41 Å². The van der Waals surface area contributed by atoms with Gasteiger partial charge in [-0.3, -0.25) is 0 Å². The molecule has 1 N–H and O–H groups in total. The number of nitrogens with one attached hydrogen (secondary N) is 1. The number of aromatic nitrogens is 2. The second kappa shape index (κ2) is 4.56. The molecule has 0 amide bonds. The van der Waals surface area contributed by atoms with Crippen molar-refractivity contribution in [2.45, 2.75) is 18.9 Å². The van der Waals surface area contributed by atoms with E-state index in [1.165, 1.54) is 18.5 Å². The van der Waals surface area contributed by atoms with Gasteiger partial charge in [-0.25, -0.2) is 0 Å². The molecule has 1 saturated carbocycles. The first-order chi connectivity index (χ1) is 10.2. The van der Waals surface area contributed by atoms with E-state index in [0.717, 1.165) is 29.7 Å². The molecule has 2 aliphatic rings. The molecule has 2 heterocycles. The molecule has 0 radical (unpaired) electrons. The van der Waals surface area contributed by atoms with E-state index in [2.05, 4.69) is 33.5 Å². The first-order valence-electron chi connectivity index (χ1n) is 7.45. The summed E-state index contributed by atoms with van der Waals surface area (Å²) in [5.74, 6) is 0.824. The molecule has 5 nitrogen and oxygen atoms in total. The largest absolute Gasteiger partial charge is 0.497 e. The number of hydrogen-bond acceptors (Lipinski definition) is 5. The molecule has 21 heavy (non-hydrogen) atoms. The van der Waals surface area contributed by atoms with Gasteiger partial charge < -0.3 is 15.0 Å². The Morgan fingerprint density at radius 1 is 1.33 bits per heavy atom. The molecular weight excluding hydrogens is 264 g/mol. The third-order valence-electron chi connectivity index (χ3n) is 4.99. The minimum absolute atomic E-state index is 0.537. The van der Waals surface area contributed by atoms with E-state index in [0.29, 0.717) is 11.5 Å². The van der Waals surface area contributed by atoms with Crippen LogP contribution in [-0.2, 0) is 0 Å². The van der Waals surface area contributed by atoms with Gasteiger partial charge in [0.1, 0.15) is 5.75 Å². The van der Waals surface area contributed by atoms with E-state index in [9.17, 15) is 0 Å². The molecule has 1 aliphatic carbocycles. The number of rotatable bonds is 3. The van der Waals surface area contributed by atoms with Crippen LogP contribution in [0.5, 0.6) is 5.75 Å². The lowest BCUT2D eigenvalue weighted by molar-refractivity contribution is 0.0523. The van der Waals surface area contributed by atoms with E-state index in [1.807, 2.05) is 18.3 Å². The third-order valence-corrected chi connectivity index (χ3v) is 4.99. The number of nitrogens with zero attached hydrogens (tertiary/aromatic N) is 3. The summed E-state index contributed by atoms with van der Waals surface area (Å²) in [4.78, 5) is 2.43. The molecule has 1 aromatic carbocycles. The van der Waals surface area contributed by atoms with Crippen molar-refractivity contribution >= 4 is 16.6 Å². The molecule has 4 rings (SSSR count). The van der Waals surface area contributed by atoms with Crippen LogP contribution in [0.2, 0.25) is 0 Å². The van der Waals surface area contributed by atoms with E-state index in [-0.39, 0.29) is 0 Å². The molecule has 2 aromatic rings. The fourth-order valence-electron chi connectivity index (χ4n) is 3.79. The average Bonchev–Trinajstić information content (AvgIpc) is 2.44. The molecule has 0 atom stereocenters. The molecular formula is C16H20N4O. The predicted molar refractivity (Wildman–Crippen MR) is 82.8 cm³/mol. The highest BCUT2D eigenvalue weighted by molar-refractivity contribution is 5.92. The van der Waals surface area contributed by atoms with Gasteiger partial charge in [-0.2, -0.15) is 10.2 Å². The minimum atomic E-state index is 0.537. The van der Waals surface area contributed by atoms with Gasteiger partial charge >= 0.3 is 0 Å². The summed E-state index contributed by atoms with van der Waals surface area (Å²) < 4.78 is 5.26. The van der Waals surface area contributed by atoms with Crippen LogP contribution in [0.15, 0.2) is 24.4 Å². The Morgan fingerprint density at radius 3 is 2.86 bits per heavy atom. The van der Waals surface area contributed by atoms with Crippen molar-refractivity contribution in [3.63, 3.8) is 0 Å². The number of benzene rings is 1. The smallest absolute Gasteiger partial charge is 0.121 e. The Labute approximate surface area is 124 Å². The fourth-order valence-corrected chi connectivity index (χ4v) is 3.79. The highest BCUT2D eigenvalue weighted by Gasteiger charge is 2.52. The van der Waals surface area contributed by atoms with Crippen LogP contribution < -0.4 is 15.0 Å². The maximum Gasteiger partial charge on any atom is 0.121 e. The second-order valence-electron chi connectivity index (χ2n) is 6.36. The third kappa shape index (κ3) is 1.95. The molecule has 0 bridgehead atoms. The zero-order valence-electron chi connectivity index (χ0n) is 12.5. The number of anilines is 1. The molecule has 1 saturated heterocycles. The van der Waals surface area contributed by atoms with Gasteiger partial charge in [-0.05, 0) is 32.0 Å². The molecule has 1 aromatic heterocycles. The van der Waals surface area contributed by atoms with Crippen LogP contribution in [0.25, 0.3) is 10.9 Å². The molecule has 0 unspecified atom stereocenters. The topological polar surface area (TPSA) is 50.3 Å². The number of hydrogen-bond donors (Lipinski definition) is 1. The van der Waals surface area contributed by atoms with Crippen LogP contribution in [-0.4, -0.2) is 43.5 Å². The summed E-state index contributed by atoms with van der Waals surface area (Å²) in [6.45, 7) is 2.27. The monoisotopic (exact) mass is 284 g/mol. The van der Waals surface area contributed by atoms with Crippen molar-refractivity contribution in [1.29, 1.82) is 0 Å². The van der Waals surface area contributed by atoms with Gasteiger partial charge in [0, 0.05) is 36.0 Å². The molecule has 1 aliphatic heterocycles. The zero-order chi connectivity index (χ0) is 14.4. The summed E-state index contributed by atoms with van der Waals surface area (Å²) in [6.07, 6.45) is 4.48. The standard InChI is InChI=1S/C16H20N4O/c1-17-11-6-16(7-11)9-20(10-16)15-8-18-19-14-5-12(21-2)3-4-13(14)15/h3-5,8,11,17H,6-7,9-10H2,1-2H3. The SMILES string of the molecule is CNC1CC2(C1)CN(c1cnnc3cc(OC)ccc13)C2. The van der Waals surface area contributed by atoms with Gasteiger partial charge in [0.2, 0.25) is 0 Å². The average molecular weight is 284 g/mol. The van der Waals surface area contributed by atoms with Crippen molar-refractivity contribution < 1.29 is 4.74 Å². The number of fused-ring (bicyclic) bond motifs is 1. The van der Waals surface area contributed by atoms with E-state index in [1.54, 1.807) is 7.11 Å². The zero-order valence-corrected chi connectivity index (χ0v) is 12.5. The predicted octanol–water partition coefficient (Wildman–Crippen LogP) is 1.83. The van der Waals surface area contributed by atoms with E-state index in [4.69, 9.17) is 4.74 Å². The van der Waals surface area contributed by atoms with Gasteiger partial charge in [0.05, 0.1) is 24.5 Å². The van der Waals surface area contributed by atoms with Crippen LogP contribution >= 0.6 is 0 Å². The maximum atomic E-state index is 5.26. The molecule has 110 valence electrons. The summed E-state index contributed by atoms with van der Waals surface area (Å²) in [5, 5.41) is 12.9. The maximum absolute atomic E-state index is 5.26. The highest BCUT2D eigenvalue weighted by atomic mass is 16.5. The highest BCUT2D eigenvalue weighted by Crippen LogP contribution is 2.50. The summed E-state index contributed by atoms with van der Waals surface area (Å²) >= 11 is 0. The quantitative estimate of drug-likeness (QED) is 0.932. The summed E-state index contributed by atoms with van der Waals surface area (Å²) in [5.41, 5.74) is 2.63. The van der Waals surface area contributed by atoms with Crippen molar-refractivity contribution in [3.8, 4) is 5.75 Å². The van der Waals surface area contributed by atoms with E-state index >= 15 is 0 Å². The Balaban J connectivity index is 1.58. The van der Waals surface area contributed by atoms with E-state index < -0.39 is 0 Å². The van der Waals surface area contributed by atoms with Crippen LogP contribution in [0.1, 0.15) is 12.8 Å². The Bertz CT molecular complexity index is 673. The second-order valence-corrected chi connectivity index (χ2v) is 6.36. The van der Waals surface area contributed by atoms with Gasteiger partial charge in [0.25, 0.3) is 0 Å². The fraction of sp³-hybridized carbons (Fsp3) is 0.500. The summed E-state index contributed by atoms with van der Waals surface area (Å²) in [7, 11) is 3.73. The van der Waals surface area contributed by atoms with Crippen LogP contribution in [0.3, 0.4) is 0 Å². The summed E-state index contributed by atoms with van der Waals surface area (Å²) in [6, 6.07) is 6.73. The Kier molecular flexibility index (Phi) is 2.79. The van der Waals surface area contributed by atoms with Crippen molar-refractivity contribution in [2.75, 3.05) is 32.1 Å². The van der Waals surface area contributed by atoms with Crippen molar-refractivity contribution in [3.05, 3.63) is 24.4 Å². The normalized spacial score (nSPS) is 20.4. The lowest BCUT2D eigenvalue weighted by atomic mass is 9.60. The van der Waals surface area contributed by atoms with Gasteiger partial charge in [-0.1, -0.05) is 0 Å².